The molecule has 5 nitrogen and oxygen atoms in total. The number of unbranched alkanes of at least 4 members (excludes halogenated alkanes) is 1. The Morgan fingerprint density at radius 2 is 1.76 bits per heavy atom. The standard InChI is InChI=1S/C15H16O5S/c16-15(17)13-9-10-14(20-13)21(18,19)11-5-4-8-12-6-2-1-3-7-12/h1-3,6-7,9-10H,4-5,8,11H2,(H,16,17). The largest absolute Gasteiger partial charge is 0.475 e. The lowest BCUT2D eigenvalue weighted by atomic mass is 10.1. The van der Waals surface area contributed by atoms with Crippen molar-refractivity contribution >= 4 is 15.8 Å². The van der Waals surface area contributed by atoms with E-state index in [1.54, 1.807) is 0 Å². The molecule has 0 aliphatic rings. The van der Waals surface area contributed by atoms with Crippen molar-refractivity contribution in [2.45, 2.75) is 24.4 Å². The Bertz CT molecular complexity index is 701. The lowest BCUT2D eigenvalue weighted by molar-refractivity contribution is 0.0656. The number of aromatic carboxylic acids is 1. The quantitative estimate of drug-likeness (QED) is 0.795. The molecule has 0 radical (unpaired) electrons. The second-order valence-corrected chi connectivity index (χ2v) is 6.73. The molecule has 2 rings (SSSR count). The number of hydrogen-bond acceptors (Lipinski definition) is 4. The Balaban J connectivity index is 1.88. The van der Waals surface area contributed by atoms with Crippen LogP contribution in [-0.2, 0) is 16.3 Å². The molecule has 0 saturated heterocycles. The van der Waals surface area contributed by atoms with Gasteiger partial charge in [0.1, 0.15) is 0 Å². The van der Waals surface area contributed by atoms with Gasteiger partial charge in [0.25, 0.3) is 0 Å². The van der Waals surface area contributed by atoms with Crippen LogP contribution in [0.1, 0.15) is 29.0 Å². The van der Waals surface area contributed by atoms with E-state index in [1.165, 1.54) is 11.6 Å². The van der Waals surface area contributed by atoms with Crippen LogP contribution in [0, 0.1) is 0 Å². The summed E-state index contributed by atoms with van der Waals surface area (Å²) in [6, 6.07) is 12.2. The molecule has 1 heterocycles. The van der Waals surface area contributed by atoms with E-state index in [0.717, 1.165) is 18.9 Å². The van der Waals surface area contributed by atoms with E-state index in [9.17, 15) is 13.2 Å². The lowest BCUT2D eigenvalue weighted by Gasteiger charge is -2.02. The van der Waals surface area contributed by atoms with Crippen LogP contribution in [-0.4, -0.2) is 25.2 Å². The average Bonchev–Trinajstić information content (AvgIpc) is 2.96. The van der Waals surface area contributed by atoms with Crippen molar-refractivity contribution in [1.29, 1.82) is 0 Å². The van der Waals surface area contributed by atoms with Gasteiger partial charge in [0, 0.05) is 0 Å². The van der Waals surface area contributed by atoms with Crippen LogP contribution in [0.4, 0.5) is 0 Å². The van der Waals surface area contributed by atoms with Crippen LogP contribution in [0.25, 0.3) is 0 Å². The molecule has 1 aromatic heterocycles. The van der Waals surface area contributed by atoms with Crippen molar-refractivity contribution in [2.24, 2.45) is 0 Å². The summed E-state index contributed by atoms with van der Waals surface area (Å²) in [5, 5.41) is 8.44. The highest BCUT2D eigenvalue weighted by atomic mass is 32.2. The SMILES string of the molecule is O=C(O)c1ccc(S(=O)(=O)CCCCc2ccccc2)o1. The van der Waals surface area contributed by atoms with E-state index >= 15 is 0 Å². The Morgan fingerprint density at radius 3 is 2.38 bits per heavy atom. The molecule has 1 N–H and O–H groups in total. The second-order valence-electron chi connectivity index (χ2n) is 4.69. The summed E-state index contributed by atoms with van der Waals surface area (Å²) in [7, 11) is -3.56. The molecule has 0 unspecified atom stereocenters. The summed E-state index contributed by atoms with van der Waals surface area (Å²) < 4.78 is 28.8. The van der Waals surface area contributed by atoms with Crippen molar-refractivity contribution in [3.05, 3.63) is 53.8 Å². The number of furan rings is 1. The molecule has 0 fully saturated rings. The van der Waals surface area contributed by atoms with Crippen molar-refractivity contribution in [3.63, 3.8) is 0 Å². The zero-order valence-electron chi connectivity index (χ0n) is 11.4. The van der Waals surface area contributed by atoms with Crippen molar-refractivity contribution in [3.8, 4) is 0 Å². The summed E-state index contributed by atoms with van der Waals surface area (Å²) in [4.78, 5) is 10.7. The maximum absolute atomic E-state index is 12.0. The fourth-order valence-electron chi connectivity index (χ4n) is 1.97. The van der Waals surface area contributed by atoms with E-state index in [0.29, 0.717) is 6.42 Å². The highest BCUT2D eigenvalue weighted by molar-refractivity contribution is 7.91. The topological polar surface area (TPSA) is 84.6 Å². The van der Waals surface area contributed by atoms with Crippen LogP contribution in [0.15, 0.2) is 52.0 Å². The van der Waals surface area contributed by atoms with Crippen LogP contribution in [0.5, 0.6) is 0 Å². The van der Waals surface area contributed by atoms with E-state index in [-0.39, 0.29) is 16.6 Å². The van der Waals surface area contributed by atoms with Gasteiger partial charge in [-0.3, -0.25) is 0 Å². The van der Waals surface area contributed by atoms with E-state index < -0.39 is 15.8 Å². The Labute approximate surface area is 123 Å². The molecule has 0 aliphatic carbocycles. The first kappa shape index (κ1) is 15.3. The number of carboxylic acids is 1. The number of aryl methyl sites for hydroxylation is 1. The molecule has 6 heteroatoms. The van der Waals surface area contributed by atoms with Gasteiger partial charge in [-0.25, -0.2) is 13.2 Å². The van der Waals surface area contributed by atoms with Crippen molar-refractivity contribution in [1.82, 2.24) is 0 Å². The van der Waals surface area contributed by atoms with Gasteiger partial charge >= 0.3 is 5.97 Å². The van der Waals surface area contributed by atoms with Gasteiger partial charge in [-0.05, 0) is 37.0 Å². The van der Waals surface area contributed by atoms with Gasteiger partial charge in [-0.1, -0.05) is 30.3 Å². The van der Waals surface area contributed by atoms with Crippen LogP contribution in [0.3, 0.4) is 0 Å². The monoisotopic (exact) mass is 308 g/mol. The number of hydrogen-bond donors (Lipinski definition) is 1. The fourth-order valence-corrected chi connectivity index (χ4v) is 3.25. The van der Waals surface area contributed by atoms with Gasteiger partial charge < -0.3 is 9.52 Å². The minimum absolute atomic E-state index is 0.0492. The molecule has 112 valence electrons. The lowest BCUT2D eigenvalue weighted by Crippen LogP contribution is -2.06. The Kier molecular flexibility index (Phi) is 4.80. The second kappa shape index (κ2) is 6.58. The third-order valence-corrected chi connectivity index (χ3v) is 4.73. The number of carboxylic acid groups (broad SMARTS) is 1. The maximum Gasteiger partial charge on any atom is 0.371 e. The highest BCUT2D eigenvalue weighted by Gasteiger charge is 2.20. The molecule has 21 heavy (non-hydrogen) atoms. The normalized spacial score (nSPS) is 11.4. The number of sulfone groups is 1. The number of rotatable bonds is 7. The van der Waals surface area contributed by atoms with Crippen LogP contribution >= 0.6 is 0 Å². The number of benzene rings is 1. The van der Waals surface area contributed by atoms with E-state index in [2.05, 4.69) is 0 Å². The molecule has 0 amide bonds. The van der Waals surface area contributed by atoms with Gasteiger partial charge in [-0.2, -0.15) is 0 Å². The molecule has 2 aromatic rings. The summed E-state index contributed by atoms with van der Waals surface area (Å²) in [5.41, 5.74) is 1.17. The molecule has 1 aromatic carbocycles. The van der Waals surface area contributed by atoms with E-state index in [1.807, 2.05) is 30.3 Å². The van der Waals surface area contributed by atoms with Gasteiger partial charge in [0.2, 0.25) is 20.7 Å². The predicted molar refractivity (Wildman–Crippen MR) is 77.1 cm³/mol. The zero-order chi connectivity index (χ0) is 15.3. The third kappa shape index (κ3) is 4.19. The highest BCUT2D eigenvalue weighted by Crippen LogP contribution is 2.17. The predicted octanol–water partition coefficient (Wildman–Crippen LogP) is 2.77. The van der Waals surface area contributed by atoms with Gasteiger partial charge in [0.05, 0.1) is 5.75 Å². The van der Waals surface area contributed by atoms with Crippen LogP contribution < -0.4 is 0 Å². The molecular formula is C15H16O5S. The van der Waals surface area contributed by atoms with E-state index in [4.69, 9.17) is 9.52 Å². The zero-order valence-corrected chi connectivity index (χ0v) is 12.2. The summed E-state index contributed by atoms with van der Waals surface area (Å²) in [6.45, 7) is 0. The maximum atomic E-state index is 12.0. The molecule has 0 spiro atoms. The van der Waals surface area contributed by atoms with Gasteiger partial charge in [-0.15, -0.1) is 0 Å². The first-order valence-electron chi connectivity index (χ1n) is 6.59. The number of carbonyl (C=O) groups is 1. The first-order chi connectivity index (χ1) is 9.99. The fraction of sp³-hybridized carbons (Fsp3) is 0.267. The first-order valence-corrected chi connectivity index (χ1v) is 8.24. The minimum atomic E-state index is -3.56. The molecule has 0 saturated carbocycles. The molecule has 0 atom stereocenters. The molecule has 0 bridgehead atoms. The van der Waals surface area contributed by atoms with Gasteiger partial charge in [0.15, 0.2) is 0 Å². The summed E-state index contributed by atoms with van der Waals surface area (Å²) >= 11 is 0. The Hall–Kier alpha value is -2.08. The minimum Gasteiger partial charge on any atom is -0.475 e. The van der Waals surface area contributed by atoms with Crippen molar-refractivity contribution < 1.29 is 22.7 Å². The smallest absolute Gasteiger partial charge is 0.371 e. The van der Waals surface area contributed by atoms with Crippen molar-refractivity contribution in [2.75, 3.05) is 5.75 Å². The summed E-state index contributed by atoms with van der Waals surface area (Å²) in [5.74, 6) is -1.69. The summed E-state index contributed by atoms with van der Waals surface area (Å²) in [6.07, 6.45) is 2.06. The Morgan fingerprint density at radius 1 is 1.05 bits per heavy atom. The molecule has 0 aliphatic heterocycles. The van der Waals surface area contributed by atoms with Crippen LogP contribution in [0.2, 0.25) is 0 Å². The average molecular weight is 308 g/mol. The third-order valence-electron chi connectivity index (χ3n) is 3.07. The molecular weight excluding hydrogens is 292 g/mol.